The number of nitrogens with one attached hydrogen (secondary N) is 1. The lowest BCUT2D eigenvalue weighted by atomic mass is 10.1. The van der Waals surface area contributed by atoms with Crippen molar-refractivity contribution in [2.45, 2.75) is 40.5 Å². The van der Waals surface area contributed by atoms with Crippen LogP contribution in [-0.4, -0.2) is 18.7 Å². The summed E-state index contributed by atoms with van der Waals surface area (Å²) >= 11 is 5.87. The smallest absolute Gasteiger partial charge is 0.277 e. The van der Waals surface area contributed by atoms with Gasteiger partial charge in [0.2, 0.25) is 0 Å². The van der Waals surface area contributed by atoms with Crippen LogP contribution in [0, 0.1) is 6.92 Å². The molecule has 0 heterocycles. The zero-order valence-electron chi connectivity index (χ0n) is 14.7. The first-order valence-electron chi connectivity index (χ1n) is 7.88. The number of aryl methyl sites for hydroxylation is 1. The van der Waals surface area contributed by atoms with Crippen LogP contribution in [0.4, 0.5) is 0 Å². The molecule has 1 amide bonds. The molecule has 0 radical (unpaired) electrons. The number of carbonyl (C=O) groups excluding carboxylic acids is 1. The molecular weight excluding hydrogens is 324 g/mol. The molecule has 4 nitrogen and oxygen atoms in total. The van der Waals surface area contributed by atoms with Crippen LogP contribution in [0.3, 0.4) is 0 Å². The van der Waals surface area contributed by atoms with Crippen molar-refractivity contribution < 1.29 is 9.53 Å². The third kappa shape index (κ3) is 8.53. The van der Waals surface area contributed by atoms with Gasteiger partial charge in [0.05, 0.1) is 0 Å². The summed E-state index contributed by atoms with van der Waals surface area (Å²) in [7, 11) is 0. The minimum atomic E-state index is -0.309. The lowest BCUT2D eigenvalue weighted by Crippen LogP contribution is -2.24. The summed E-state index contributed by atoms with van der Waals surface area (Å²) in [6, 6.07) is 5.26. The van der Waals surface area contributed by atoms with Crippen LogP contribution in [-0.2, 0) is 4.79 Å². The zero-order chi connectivity index (χ0) is 17.9. The van der Waals surface area contributed by atoms with E-state index in [-0.39, 0.29) is 12.5 Å². The van der Waals surface area contributed by atoms with Gasteiger partial charge in [-0.25, -0.2) is 5.43 Å². The standard InChI is InChI=1S/C19H25ClN2O2/c1-14(2)6-5-7-15(3)10-11-21-22-19(23)13-24-18-9-8-17(20)12-16(18)4/h6,8-12H,5,7,13H2,1-4H3,(H,22,23)/b15-10+,21-11-. The van der Waals surface area contributed by atoms with Gasteiger partial charge in [0, 0.05) is 11.2 Å². The first-order chi connectivity index (χ1) is 11.4. The molecule has 0 spiro atoms. The molecule has 0 fully saturated rings. The van der Waals surface area contributed by atoms with E-state index in [0.29, 0.717) is 10.8 Å². The van der Waals surface area contributed by atoms with Crippen molar-refractivity contribution in [3.05, 3.63) is 52.1 Å². The topological polar surface area (TPSA) is 50.7 Å². The van der Waals surface area contributed by atoms with E-state index in [0.717, 1.165) is 18.4 Å². The number of hydrogen-bond acceptors (Lipinski definition) is 3. The van der Waals surface area contributed by atoms with Crippen LogP contribution in [0.1, 0.15) is 39.2 Å². The number of hydrazone groups is 1. The van der Waals surface area contributed by atoms with Gasteiger partial charge in [-0.15, -0.1) is 0 Å². The quantitative estimate of drug-likeness (QED) is 0.416. The molecule has 5 heteroatoms. The Kier molecular flexibility index (Phi) is 8.87. The van der Waals surface area contributed by atoms with Crippen molar-refractivity contribution in [1.29, 1.82) is 0 Å². The zero-order valence-corrected chi connectivity index (χ0v) is 15.5. The van der Waals surface area contributed by atoms with Gasteiger partial charge in [0.1, 0.15) is 5.75 Å². The fraction of sp³-hybridized carbons (Fsp3) is 0.368. The number of rotatable bonds is 8. The van der Waals surface area contributed by atoms with E-state index in [1.165, 1.54) is 11.1 Å². The van der Waals surface area contributed by atoms with E-state index < -0.39 is 0 Å². The maximum absolute atomic E-state index is 11.7. The Morgan fingerprint density at radius 3 is 2.75 bits per heavy atom. The summed E-state index contributed by atoms with van der Waals surface area (Å²) in [6.45, 7) is 8.00. The second kappa shape index (κ2) is 10.7. The minimum absolute atomic E-state index is 0.0942. The molecule has 1 aromatic carbocycles. The molecule has 1 aromatic rings. The third-order valence-electron chi connectivity index (χ3n) is 3.21. The summed E-state index contributed by atoms with van der Waals surface area (Å²) in [6.07, 6.45) is 7.67. The van der Waals surface area contributed by atoms with E-state index in [1.807, 2.05) is 19.9 Å². The van der Waals surface area contributed by atoms with E-state index in [4.69, 9.17) is 16.3 Å². The molecule has 24 heavy (non-hydrogen) atoms. The van der Waals surface area contributed by atoms with Gasteiger partial charge in [-0.3, -0.25) is 4.79 Å². The lowest BCUT2D eigenvalue weighted by Gasteiger charge is -2.08. The predicted molar refractivity (Wildman–Crippen MR) is 101 cm³/mol. The first-order valence-corrected chi connectivity index (χ1v) is 8.26. The van der Waals surface area contributed by atoms with E-state index in [2.05, 4.69) is 30.5 Å². The highest BCUT2D eigenvalue weighted by Crippen LogP contribution is 2.21. The average molecular weight is 349 g/mol. The van der Waals surface area contributed by atoms with Gasteiger partial charge in [0.15, 0.2) is 6.61 Å². The lowest BCUT2D eigenvalue weighted by molar-refractivity contribution is -0.123. The molecule has 0 atom stereocenters. The fourth-order valence-electron chi connectivity index (χ4n) is 1.90. The van der Waals surface area contributed by atoms with Crippen LogP contribution in [0.15, 0.2) is 46.6 Å². The minimum Gasteiger partial charge on any atom is -0.483 e. The highest BCUT2D eigenvalue weighted by atomic mass is 35.5. The molecule has 0 saturated heterocycles. The third-order valence-corrected chi connectivity index (χ3v) is 3.44. The van der Waals surface area contributed by atoms with E-state index >= 15 is 0 Å². The van der Waals surface area contributed by atoms with E-state index in [9.17, 15) is 4.79 Å². The highest BCUT2D eigenvalue weighted by molar-refractivity contribution is 6.30. The number of halogens is 1. The van der Waals surface area contributed by atoms with E-state index in [1.54, 1.807) is 24.4 Å². The number of carbonyl (C=O) groups is 1. The number of amides is 1. The van der Waals surface area contributed by atoms with Gasteiger partial charge >= 0.3 is 0 Å². The maximum Gasteiger partial charge on any atom is 0.277 e. The number of nitrogens with zero attached hydrogens (tertiary/aromatic N) is 1. The second-order valence-corrected chi connectivity index (χ2v) is 6.28. The Morgan fingerprint density at radius 2 is 2.08 bits per heavy atom. The molecule has 0 aromatic heterocycles. The Balaban J connectivity index is 2.33. The largest absolute Gasteiger partial charge is 0.483 e. The van der Waals surface area contributed by atoms with Crippen molar-refractivity contribution >= 4 is 23.7 Å². The summed E-state index contributed by atoms with van der Waals surface area (Å²) in [5.74, 6) is 0.324. The molecule has 1 rings (SSSR count). The number of allylic oxidation sites excluding steroid dienone is 4. The summed E-state index contributed by atoms with van der Waals surface area (Å²) < 4.78 is 5.44. The average Bonchev–Trinajstić information content (AvgIpc) is 2.50. The van der Waals surface area contributed by atoms with Crippen LogP contribution in [0.5, 0.6) is 5.75 Å². The van der Waals surface area contributed by atoms with Crippen molar-refractivity contribution in [3.8, 4) is 5.75 Å². The van der Waals surface area contributed by atoms with Gasteiger partial charge in [-0.05, 0) is 70.4 Å². The molecule has 0 bridgehead atoms. The predicted octanol–water partition coefficient (Wildman–Crippen LogP) is 4.82. The summed E-state index contributed by atoms with van der Waals surface area (Å²) in [4.78, 5) is 11.7. The number of benzene rings is 1. The van der Waals surface area contributed by atoms with Gasteiger partial charge in [-0.2, -0.15) is 5.10 Å². The Hall–Kier alpha value is -2.07. The van der Waals surface area contributed by atoms with Crippen molar-refractivity contribution in [3.63, 3.8) is 0 Å². The molecule has 0 aliphatic rings. The van der Waals surface area contributed by atoms with Crippen LogP contribution < -0.4 is 10.2 Å². The summed E-state index contributed by atoms with van der Waals surface area (Å²) in [5.41, 5.74) is 5.85. The fourth-order valence-corrected chi connectivity index (χ4v) is 2.12. The molecule has 0 aliphatic carbocycles. The second-order valence-electron chi connectivity index (χ2n) is 5.84. The SMILES string of the molecule is CC(C)=CCC/C(C)=C/C=N\NC(=O)COc1ccc(Cl)cc1C. The Morgan fingerprint density at radius 1 is 1.33 bits per heavy atom. The van der Waals surface area contributed by atoms with Crippen molar-refractivity contribution in [1.82, 2.24) is 5.43 Å². The van der Waals surface area contributed by atoms with Crippen molar-refractivity contribution in [2.24, 2.45) is 5.10 Å². The number of hydrogen-bond donors (Lipinski definition) is 1. The van der Waals surface area contributed by atoms with Gasteiger partial charge < -0.3 is 4.74 Å². The van der Waals surface area contributed by atoms with Crippen LogP contribution >= 0.6 is 11.6 Å². The number of ether oxygens (including phenoxy) is 1. The molecule has 1 N–H and O–H groups in total. The maximum atomic E-state index is 11.7. The van der Waals surface area contributed by atoms with Gasteiger partial charge in [-0.1, -0.05) is 28.8 Å². The highest BCUT2D eigenvalue weighted by Gasteiger charge is 2.04. The molecular formula is C19H25ClN2O2. The molecule has 0 unspecified atom stereocenters. The van der Waals surface area contributed by atoms with Crippen LogP contribution in [0.25, 0.3) is 0 Å². The Bertz CT molecular complexity index is 645. The van der Waals surface area contributed by atoms with Crippen molar-refractivity contribution in [2.75, 3.05) is 6.61 Å². The molecule has 130 valence electrons. The van der Waals surface area contributed by atoms with Gasteiger partial charge in [0.25, 0.3) is 5.91 Å². The monoisotopic (exact) mass is 348 g/mol. The molecule has 0 saturated carbocycles. The summed E-state index contributed by atoms with van der Waals surface area (Å²) in [5, 5.41) is 4.53. The Labute approximate surface area is 149 Å². The van der Waals surface area contributed by atoms with Crippen LogP contribution in [0.2, 0.25) is 5.02 Å². The normalized spacial score (nSPS) is 11.5. The molecule has 0 aliphatic heterocycles. The first kappa shape index (κ1) is 20.0.